The number of hydrazine groups is 1. The molecule has 0 aromatic heterocycles. The molecule has 0 saturated heterocycles. The maximum Gasteiger partial charge on any atom is 0.340 e. The van der Waals surface area contributed by atoms with E-state index in [1.165, 1.54) is 0 Å². The molecule has 3 N–H and O–H groups in total. The molecule has 0 radical (unpaired) electrons. The first-order valence-corrected chi connectivity index (χ1v) is 4.54. The van der Waals surface area contributed by atoms with Gasteiger partial charge in [0.25, 0.3) is 0 Å². The molecule has 0 bridgehead atoms. The Morgan fingerprint density at radius 1 is 1.53 bits per heavy atom. The number of carbonyl (C=O) groups is 1. The normalized spacial score (nSPS) is 9.53. The summed E-state index contributed by atoms with van der Waals surface area (Å²) in [6, 6.07) is 4.91. The third-order valence-electron chi connectivity index (χ3n) is 1.88. The molecule has 0 amide bonds. The van der Waals surface area contributed by atoms with Crippen LogP contribution in [0.4, 0.5) is 5.69 Å². The standard InChI is InChI=1S/C10H14N2O3/c1-3-15-10(13)8-5-4-7(14-2)6-9(8)12-11/h4-6,12H,3,11H2,1-2H3. The lowest BCUT2D eigenvalue weighted by Gasteiger charge is -2.09. The van der Waals surface area contributed by atoms with Gasteiger partial charge in [-0.05, 0) is 19.1 Å². The molecule has 5 nitrogen and oxygen atoms in total. The quantitative estimate of drug-likeness (QED) is 0.443. The predicted molar refractivity (Wildman–Crippen MR) is 56.8 cm³/mol. The van der Waals surface area contributed by atoms with E-state index in [-0.39, 0.29) is 0 Å². The van der Waals surface area contributed by atoms with Crippen molar-refractivity contribution in [1.82, 2.24) is 0 Å². The van der Waals surface area contributed by atoms with Crippen LogP contribution in [-0.2, 0) is 4.74 Å². The van der Waals surface area contributed by atoms with E-state index in [4.69, 9.17) is 15.3 Å². The minimum absolute atomic E-state index is 0.328. The number of anilines is 1. The first-order chi connectivity index (χ1) is 7.22. The van der Waals surface area contributed by atoms with Crippen LogP contribution in [-0.4, -0.2) is 19.7 Å². The van der Waals surface area contributed by atoms with Crippen molar-refractivity contribution in [3.8, 4) is 5.75 Å². The average Bonchev–Trinajstić information content (AvgIpc) is 2.28. The molecule has 15 heavy (non-hydrogen) atoms. The first kappa shape index (κ1) is 11.3. The van der Waals surface area contributed by atoms with E-state index >= 15 is 0 Å². The number of methoxy groups -OCH3 is 1. The summed E-state index contributed by atoms with van der Waals surface area (Å²) in [5.41, 5.74) is 3.30. The van der Waals surface area contributed by atoms with Crippen molar-refractivity contribution in [3.05, 3.63) is 23.8 Å². The van der Waals surface area contributed by atoms with E-state index in [0.29, 0.717) is 23.6 Å². The van der Waals surface area contributed by atoms with Crippen LogP contribution in [0.2, 0.25) is 0 Å². The molecule has 0 saturated carbocycles. The van der Waals surface area contributed by atoms with Crippen molar-refractivity contribution in [2.45, 2.75) is 6.92 Å². The van der Waals surface area contributed by atoms with Gasteiger partial charge < -0.3 is 14.9 Å². The largest absolute Gasteiger partial charge is 0.497 e. The molecule has 0 atom stereocenters. The number of nitrogens with two attached hydrogens (primary N) is 1. The van der Waals surface area contributed by atoms with Crippen molar-refractivity contribution >= 4 is 11.7 Å². The molecule has 1 aromatic rings. The molecule has 82 valence electrons. The predicted octanol–water partition coefficient (Wildman–Crippen LogP) is 1.16. The summed E-state index contributed by atoms with van der Waals surface area (Å²) >= 11 is 0. The maximum atomic E-state index is 11.5. The Morgan fingerprint density at radius 3 is 2.80 bits per heavy atom. The molecule has 0 aliphatic carbocycles. The van der Waals surface area contributed by atoms with Gasteiger partial charge >= 0.3 is 5.97 Å². The van der Waals surface area contributed by atoms with Gasteiger partial charge in [0.2, 0.25) is 0 Å². The number of nitrogen functional groups attached to an aromatic ring is 1. The number of hydrogen-bond donors (Lipinski definition) is 2. The lowest BCUT2D eigenvalue weighted by Crippen LogP contribution is -2.13. The van der Waals surface area contributed by atoms with Crippen molar-refractivity contribution in [2.75, 3.05) is 19.1 Å². The zero-order valence-corrected chi connectivity index (χ0v) is 8.74. The van der Waals surface area contributed by atoms with E-state index in [1.54, 1.807) is 32.2 Å². The molecule has 0 fully saturated rings. The molecule has 0 heterocycles. The Hall–Kier alpha value is -1.75. The van der Waals surface area contributed by atoms with Gasteiger partial charge in [-0.1, -0.05) is 0 Å². The van der Waals surface area contributed by atoms with Crippen molar-refractivity contribution in [1.29, 1.82) is 0 Å². The number of ether oxygens (including phenoxy) is 2. The topological polar surface area (TPSA) is 73.6 Å². The Balaban J connectivity index is 3.02. The van der Waals surface area contributed by atoms with Crippen molar-refractivity contribution in [3.63, 3.8) is 0 Å². The van der Waals surface area contributed by atoms with E-state index < -0.39 is 5.97 Å². The maximum absolute atomic E-state index is 11.5. The molecular formula is C10H14N2O3. The summed E-state index contributed by atoms with van der Waals surface area (Å²) < 4.78 is 9.87. The monoisotopic (exact) mass is 210 g/mol. The highest BCUT2D eigenvalue weighted by molar-refractivity contribution is 5.95. The average molecular weight is 210 g/mol. The Bertz CT molecular complexity index is 353. The Morgan fingerprint density at radius 2 is 2.27 bits per heavy atom. The van der Waals surface area contributed by atoms with Gasteiger partial charge in [0.1, 0.15) is 5.75 Å². The third-order valence-corrected chi connectivity index (χ3v) is 1.88. The van der Waals surface area contributed by atoms with Crippen LogP contribution in [0.15, 0.2) is 18.2 Å². The fourth-order valence-electron chi connectivity index (χ4n) is 1.16. The second-order valence-corrected chi connectivity index (χ2v) is 2.78. The van der Waals surface area contributed by atoms with Crippen LogP contribution in [0.25, 0.3) is 0 Å². The minimum Gasteiger partial charge on any atom is -0.497 e. The van der Waals surface area contributed by atoms with Crippen molar-refractivity contribution in [2.24, 2.45) is 5.84 Å². The van der Waals surface area contributed by atoms with Crippen LogP contribution in [0.1, 0.15) is 17.3 Å². The van der Waals surface area contributed by atoms with Crippen LogP contribution in [0, 0.1) is 0 Å². The molecule has 1 aromatic carbocycles. The van der Waals surface area contributed by atoms with Crippen LogP contribution in [0.3, 0.4) is 0 Å². The highest BCUT2D eigenvalue weighted by Gasteiger charge is 2.12. The van der Waals surface area contributed by atoms with E-state index in [1.807, 2.05) is 0 Å². The number of benzene rings is 1. The number of carbonyl (C=O) groups excluding carboxylic acids is 1. The first-order valence-electron chi connectivity index (χ1n) is 4.54. The van der Waals surface area contributed by atoms with Crippen LogP contribution >= 0.6 is 0 Å². The van der Waals surface area contributed by atoms with Crippen LogP contribution < -0.4 is 16.0 Å². The van der Waals surface area contributed by atoms with E-state index in [9.17, 15) is 4.79 Å². The number of nitrogens with one attached hydrogen (secondary N) is 1. The zero-order valence-electron chi connectivity index (χ0n) is 8.74. The third kappa shape index (κ3) is 2.60. The SMILES string of the molecule is CCOC(=O)c1ccc(OC)cc1NN. The smallest absolute Gasteiger partial charge is 0.340 e. The molecule has 0 aliphatic rings. The molecule has 5 heteroatoms. The Kier molecular flexibility index (Phi) is 3.93. The van der Waals surface area contributed by atoms with Crippen molar-refractivity contribution < 1.29 is 14.3 Å². The highest BCUT2D eigenvalue weighted by Crippen LogP contribution is 2.22. The summed E-state index contributed by atoms with van der Waals surface area (Å²) in [5, 5.41) is 0. The van der Waals surface area contributed by atoms with Crippen LogP contribution in [0.5, 0.6) is 5.75 Å². The second kappa shape index (κ2) is 5.21. The summed E-state index contributed by atoms with van der Waals surface area (Å²) in [5.74, 6) is 5.51. The molecule has 0 unspecified atom stereocenters. The summed E-state index contributed by atoms with van der Waals surface area (Å²) in [6.45, 7) is 2.08. The van der Waals surface area contributed by atoms with Gasteiger partial charge in [0.05, 0.1) is 25.0 Å². The number of hydrogen-bond acceptors (Lipinski definition) is 5. The van der Waals surface area contributed by atoms with E-state index in [0.717, 1.165) is 0 Å². The van der Waals surface area contributed by atoms with Gasteiger partial charge in [0, 0.05) is 6.07 Å². The van der Waals surface area contributed by atoms with Gasteiger partial charge in [-0.25, -0.2) is 4.79 Å². The molecule has 0 aliphatic heterocycles. The fourth-order valence-corrected chi connectivity index (χ4v) is 1.16. The number of esters is 1. The fraction of sp³-hybridized carbons (Fsp3) is 0.300. The molecule has 1 rings (SSSR count). The number of rotatable bonds is 4. The lowest BCUT2D eigenvalue weighted by atomic mass is 10.1. The minimum atomic E-state index is -0.409. The lowest BCUT2D eigenvalue weighted by molar-refractivity contribution is 0.0527. The second-order valence-electron chi connectivity index (χ2n) is 2.78. The molecular weight excluding hydrogens is 196 g/mol. The Labute approximate surface area is 88.1 Å². The van der Waals surface area contributed by atoms with Gasteiger partial charge in [-0.15, -0.1) is 0 Å². The van der Waals surface area contributed by atoms with Gasteiger partial charge in [-0.2, -0.15) is 0 Å². The summed E-state index contributed by atoms with van der Waals surface area (Å²) in [7, 11) is 1.54. The van der Waals surface area contributed by atoms with E-state index in [2.05, 4.69) is 5.43 Å². The van der Waals surface area contributed by atoms with Gasteiger partial charge in [0.15, 0.2) is 0 Å². The summed E-state index contributed by atoms with van der Waals surface area (Å²) in [4.78, 5) is 11.5. The summed E-state index contributed by atoms with van der Waals surface area (Å²) in [6.07, 6.45) is 0. The highest BCUT2D eigenvalue weighted by atomic mass is 16.5. The molecule has 0 spiro atoms. The van der Waals surface area contributed by atoms with Gasteiger partial charge in [-0.3, -0.25) is 5.84 Å². The zero-order chi connectivity index (χ0) is 11.3.